The van der Waals surface area contributed by atoms with Crippen molar-refractivity contribution in [2.75, 3.05) is 0 Å². The van der Waals surface area contributed by atoms with Crippen LogP contribution < -0.4 is 0 Å². The molecule has 2 N–H and O–H groups in total. The third-order valence-corrected chi connectivity index (χ3v) is 4.41. The van der Waals surface area contributed by atoms with Crippen molar-refractivity contribution in [3.63, 3.8) is 0 Å². The van der Waals surface area contributed by atoms with Gasteiger partial charge in [0.2, 0.25) is 0 Å². The van der Waals surface area contributed by atoms with Crippen LogP contribution in [0.25, 0.3) is 16.8 Å². The zero-order chi connectivity index (χ0) is 15.7. The van der Waals surface area contributed by atoms with Crippen LogP contribution in [0.4, 0.5) is 0 Å². The smallest absolute Gasteiger partial charge is 0.339 e. The minimum Gasteiger partial charge on any atom is -0.506 e. The highest BCUT2D eigenvalue weighted by atomic mass is 127. The van der Waals surface area contributed by atoms with E-state index in [9.17, 15) is 15.0 Å². The summed E-state index contributed by atoms with van der Waals surface area (Å²) in [5.74, 6) is -1.36. The van der Waals surface area contributed by atoms with Gasteiger partial charge in [0, 0.05) is 18.0 Å². The standard InChI is InChI=1S/C17H12INO3/c18-14-15(19-8-4-5-9-19)12(11-6-2-1-3-7-11)10-13(16(14)20)17(21)22/h1-10,20H,(H,21,22). The zero-order valence-corrected chi connectivity index (χ0v) is 13.6. The Hall–Kier alpha value is -2.28. The van der Waals surface area contributed by atoms with Crippen LogP contribution in [0.3, 0.4) is 0 Å². The Kier molecular flexibility index (Phi) is 3.89. The van der Waals surface area contributed by atoms with E-state index in [4.69, 9.17) is 0 Å². The highest BCUT2D eigenvalue weighted by Gasteiger charge is 2.21. The summed E-state index contributed by atoms with van der Waals surface area (Å²) < 4.78 is 2.38. The summed E-state index contributed by atoms with van der Waals surface area (Å²) >= 11 is 1.98. The van der Waals surface area contributed by atoms with E-state index in [2.05, 4.69) is 0 Å². The summed E-state index contributed by atoms with van der Waals surface area (Å²) in [4.78, 5) is 11.4. The number of carbonyl (C=O) groups is 1. The van der Waals surface area contributed by atoms with E-state index in [1.165, 1.54) is 6.07 Å². The topological polar surface area (TPSA) is 62.5 Å². The maximum absolute atomic E-state index is 11.4. The third kappa shape index (κ3) is 2.48. The molecule has 110 valence electrons. The highest BCUT2D eigenvalue weighted by molar-refractivity contribution is 14.1. The Morgan fingerprint density at radius 2 is 1.68 bits per heavy atom. The number of benzene rings is 2. The van der Waals surface area contributed by atoms with Gasteiger partial charge in [-0.1, -0.05) is 30.3 Å². The third-order valence-electron chi connectivity index (χ3n) is 3.39. The fourth-order valence-electron chi connectivity index (χ4n) is 2.37. The van der Waals surface area contributed by atoms with E-state index in [-0.39, 0.29) is 11.3 Å². The first kappa shape index (κ1) is 14.6. The largest absolute Gasteiger partial charge is 0.506 e. The number of aromatic hydroxyl groups is 1. The molecule has 0 saturated carbocycles. The van der Waals surface area contributed by atoms with Crippen LogP contribution >= 0.6 is 22.6 Å². The molecule has 4 nitrogen and oxygen atoms in total. The molecule has 0 amide bonds. The van der Waals surface area contributed by atoms with Gasteiger partial charge >= 0.3 is 5.97 Å². The predicted octanol–water partition coefficient (Wildman–Crippen LogP) is 4.15. The Morgan fingerprint density at radius 1 is 1.05 bits per heavy atom. The Morgan fingerprint density at radius 3 is 2.27 bits per heavy atom. The molecule has 0 aliphatic heterocycles. The number of rotatable bonds is 3. The fraction of sp³-hybridized carbons (Fsp3) is 0. The van der Waals surface area contributed by atoms with Crippen LogP contribution in [0.5, 0.6) is 5.75 Å². The average Bonchev–Trinajstić information content (AvgIpc) is 3.04. The predicted molar refractivity (Wildman–Crippen MR) is 92.5 cm³/mol. The summed E-state index contributed by atoms with van der Waals surface area (Å²) in [5.41, 5.74) is 2.32. The highest BCUT2D eigenvalue weighted by Crippen LogP contribution is 2.38. The molecule has 0 spiro atoms. The van der Waals surface area contributed by atoms with Crippen LogP contribution in [-0.2, 0) is 0 Å². The lowest BCUT2D eigenvalue weighted by Crippen LogP contribution is -2.04. The number of hydrogen-bond donors (Lipinski definition) is 2. The van der Waals surface area contributed by atoms with E-state index in [1.807, 2.05) is 82.0 Å². The monoisotopic (exact) mass is 405 g/mol. The van der Waals surface area contributed by atoms with Gasteiger partial charge in [0.15, 0.2) is 0 Å². The number of aromatic nitrogens is 1. The van der Waals surface area contributed by atoms with E-state index in [0.717, 1.165) is 16.8 Å². The Bertz CT molecular complexity index is 827. The number of hydrogen-bond acceptors (Lipinski definition) is 2. The maximum atomic E-state index is 11.4. The maximum Gasteiger partial charge on any atom is 0.339 e. The van der Waals surface area contributed by atoms with Gasteiger partial charge in [-0.2, -0.15) is 0 Å². The van der Waals surface area contributed by atoms with Gasteiger partial charge in [-0.05, 0) is 46.4 Å². The molecule has 0 atom stereocenters. The number of carboxylic acid groups (broad SMARTS) is 1. The number of carboxylic acids is 1. The summed E-state index contributed by atoms with van der Waals surface area (Å²) in [7, 11) is 0. The van der Waals surface area contributed by atoms with Crippen molar-refractivity contribution in [2.45, 2.75) is 0 Å². The fourth-order valence-corrected chi connectivity index (χ4v) is 3.23. The molecule has 0 radical (unpaired) electrons. The molecule has 1 heterocycles. The van der Waals surface area contributed by atoms with Crippen molar-refractivity contribution >= 4 is 28.6 Å². The van der Waals surface area contributed by atoms with Gasteiger partial charge in [-0.3, -0.25) is 0 Å². The molecular weight excluding hydrogens is 393 g/mol. The van der Waals surface area contributed by atoms with E-state index >= 15 is 0 Å². The Labute approximate surface area is 140 Å². The molecular formula is C17H12INO3. The minimum atomic E-state index is -1.15. The van der Waals surface area contributed by atoms with Crippen LogP contribution in [0.1, 0.15) is 10.4 Å². The van der Waals surface area contributed by atoms with E-state index in [0.29, 0.717) is 3.57 Å². The second-order valence-electron chi connectivity index (χ2n) is 4.74. The van der Waals surface area contributed by atoms with Crippen molar-refractivity contribution in [1.82, 2.24) is 4.57 Å². The molecule has 22 heavy (non-hydrogen) atoms. The van der Waals surface area contributed by atoms with Crippen molar-refractivity contribution < 1.29 is 15.0 Å². The molecule has 0 fully saturated rings. The first-order valence-electron chi connectivity index (χ1n) is 6.57. The van der Waals surface area contributed by atoms with Gasteiger partial charge in [0.05, 0.1) is 9.26 Å². The van der Waals surface area contributed by atoms with Gasteiger partial charge in [-0.15, -0.1) is 0 Å². The molecule has 5 heteroatoms. The van der Waals surface area contributed by atoms with Gasteiger partial charge in [0.1, 0.15) is 11.3 Å². The molecule has 1 aromatic heterocycles. The Balaban J connectivity index is 2.37. The van der Waals surface area contributed by atoms with Crippen LogP contribution in [-0.4, -0.2) is 20.7 Å². The number of halogens is 1. The molecule has 0 bridgehead atoms. The first-order valence-corrected chi connectivity index (χ1v) is 7.65. The summed E-state index contributed by atoms with van der Waals surface area (Å²) in [6.45, 7) is 0. The summed E-state index contributed by atoms with van der Waals surface area (Å²) in [6.07, 6.45) is 3.73. The van der Waals surface area contributed by atoms with Crippen molar-refractivity contribution in [3.8, 4) is 22.6 Å². The normalized spacial score (nSPS) is 10.6. The second-order valence-corrected chi connectivity index (χ2v) is 5.82. The molecule has 3 aromatic rings. The van der Waals surface area contributed by atoms with Crippen LogP contribution in [0.15, 0.2) is 60.9 Å². The molecule has 0 aliphatic rings. The number of aromatic carboxylic acids is 1. The lowest BCUT2D eigenvalue weighted by atomic mass is 10.00. The van der Waals surface area contributed by atoms with Crippen molar-refractivity contribution in [3.05, 3.63) is 70.1 Å². The second kappa shape index (κ2) is 5.84. The summed E-state index contributed by atoms with van der Waals surface area (Å²) in [5, 5.41) is 19.5. The SMILES string of the molecule is O=C(O)c1cc(-c2ccccc2)c(-n2cccc2)c(I)c1O. The molecule has 0 aliphatic carbocycles. The van der Waals surface area contributed by atoms with Crippen LogP contribution in [0.2, 0.25) is 0 Å². The number of nitrogens with zero attached hydrogens (tertiary/aromatic N) is 1. The molecule has 0 saturated heterocycles. The molecule has 3 rings (SSSR count). The van der Waals surface area contributed by atoms with Crippen molar-refractivity contribution in [2.24, 2.45) is 0 Å². The first-order chi connectivity index (χ1) is 10.6. The molecule has 0 unspecified atom stereocenters. The van der Waals surface area contributed by atoms with E-state index < -0.39 is 5.97 Å². The van der Waals surface area contributed by atoms with Crippen LogP contribution in [0, 0.1) is 3.57 Å². The van der Waals surface area contributed by atoms with Crippen molar-refractivity contribution in [1.29, 1.82) is 0 Å². The lowest BCUT2D eigenvalue weighted by molar-refractivity contribution is 0.0693. The average molecular weight is 405 g/mol. The van der Waals surface area contributed by atoms with Gasteiger partial charge in [-0.25, -0.2) is 4.79 Å². The minimum absolute atomic E-state index is 0.0980. The van der Waals surface area contributed by atoms with Gasteiger partial charge in [0.25, 0.3) is 0 Å². The zero-order valence-electron chi connectivity index (χ0n) is 11.4. The summed E-state index contributed by atoms with van der Waals surface area (Å²) in [6, 6.07) is 14.8. The lowest BCUT2D eigenvalue weighted by Gasteiger charge is -2.16. The molecule has 2 aromatic carbocycles. The number of phenols is 1. The van der Waals surface area contributed by atoms with E-state index in [1.54, 1.807) is 0 Å². The quantitative estimate of drug-likeness (QED) is 0.644. The van der Waals surface area contributed by atoms with Gasteiger partial charge < -0.3 is 14.8 Å².